The lowest BCUT2D eigenvalue weighted by molar-refractivity contribution is -0.145. The van der Waals surface area contributed by atoms with Crippen molar-refractivity contribution in [1.29, 1.82) is 0 Å². The second kappa shape index (κ2) is 44.4. The van der Waals surface area contributed by atoms with E-state index in [0.717, 1.165) is 70.8 Å². The van der Waals surface area contributed by atoms with Crippen LogP contribution in [0.1, 0.15) is 266 Å². The first-order valence-electron chi connectivity index (χ1n) is 26.1. The molecule has 0 atom stereocenters. The van der Waals surface area contributed by atoms with Crippen molar-refractivity contribution < 1.29 is 23.9 Å². The predicted octanol–water partition coefficient (Wildman–Crippen LogP) is 14.9. The van der Waals surface area contributed by atoms with Gasteiger partial charge in [-0.15, -0.1) is 0 Å². The van der Waals surface area contributed by atoms with Gasteiger partial charge in [0.1, 0.15) is 0 Å². The summed E-state index contributed by atoms with van der Waals surface area (Å²) >= 11 is 0. The Balaban J connectivity index is 4.18. The second-order valence-corrected chi connectivity index (χ2v) is 18.4. The van der Waals surface area contributed by atoms with Crippen molar-refractivity contribution in [2.24, 2.45) is 11.8 Å². The van der Waals surface area contributed by atoms with Crippen LogP contribution in [0, 0.1) is 11.8 Å². The van der Waals surface area contributed by atoms with Crippen LogP contribution in [0.3, 0.4) is 0 Å². The minimum Gasteiger partial charge on any atom is -0.466 e. The Labute approximate surface area is 367 Å². The average Bonchev–Trinajstić information content (AvgIpc) is 3.22. The molecule has 0 aromatic rings. The number of hydrogen-bond acceptors (Lipinski definition) is 6. The highest BCUT2D eigenvalue weighted by Crippen LogP contribution is 2.23. The molecule has 0 saturated heterocycles. The molecule has 0 aromatic carbocycles. The molecular weight excluding hydrogens is 733 g/mol. The van der Waals surface area contributed by atoms with Crippen LogP contribution in [0.15, 0.2) is 0 Å². The van der Waals surface area contributed by atoms with Crippen LogP contribution in [0.4, 0.5) is 0 Å². The second-order valence-electron chi connectivity index (χ2n) is 18.4. The number of amides is 1. The Kier molecular flexibility index (Phi) is 43.2. The van der Waals surface area contributed by atoms with E-state index in [1.807, 2.05) is 7.05 Å². The number of hydrogen-bond donors (Lipinski definition) is 1. The monoisotopic (exact) mass is 835 g/mol. The third kappa shape index (κ3) is 40.2. The molecule has 0 bridgehead atoms. The van der Waals surface area contributed by atoms with E-state index in [1.165, 1.54) is 154 Å². The van der Waals surface area contributed by atoms with Gasteiger partial charge in [-0.25, -0.2) is 0 Å². The van der Waals surface area contributed by atoms with Gasteiger partial charge in [-0.3, -0.25) is 19.3 Å². The Morgan fingerprint density at radius 2 is 0.746 bits per heavy atom. The zero-order chi connectivity index (χ0) is 43.4. The fraction of sp³-hybridized carbons (Fsp3) is 0.942. The molecule has 1 amide bonds. The maximum atomic E-state index is 12.7. The van der Waals surface area contributed by atoms with Crippen LogP contribution < -0.4 is 5.32 Å². The van der Waals surface area contributed by atoms with E-state index in [0.29, 0.717) is 44.4 Å². The van der Waals surface area contributed by atoms with E-state index in [9.17, 15) is 14.4 Å². The first-order valence-corrected chi connectivity index (χ1v) is 26.1. The molecule has 0 rings (SSSR count). The van der Waals surface area contributed by atoms with Gasteiger partial charge < -0.3 is 14.8 Å². The van der Waals surface area contributed by atoms with E-state index < -0.39 is 0 Å². The molecule has 0 aliphatic heterocycles. The van der Waals surface area contributed by atoms with Gasteiger partial charge >= 0.3 is 11.9 Å². The van der Waals surface area contributed by atoms with Crippen molar-refractivity contribution in [1.82, 2.24) is 10.2 Å². The first kappa shape index (κ1) is 57.4. The normalized spacial score (nSPS) is 11.7. The van der Waals surface area contributed by atoms with E-state index in [4.69, 9.17) is 9.47 Å². The van der Waals surface area contributed by atoms with Crippen molar-refractivity contribution in [3.05, 3.63) is 0 Å². The van der Waals surface area contributed by atoms with E-state index in [-0.39, 0.29) is 23.9 Å². The van der Waals surface area contributed by atoms with E-state index in [1.54, 1.807) is 0 Å². The Morgan fingerprint density at radius 3 is 1.08 bits per heavy atom. The number of ether oxygens (including phenoxy) is 2. The number of carbonyl (C=O) groups is 3. The summed E-state index contributed by atoms with van der Waals surface area (Å²) in [6.45, 7) is 13.7. The standard InChI is InChI=1S/C52H102N2O5/c1-7-12-26-34-47(35-27-13-8-2)42-44-58-51(56)40-32-24-20-16-18-22-30-38-49(53-50(55)46-54(6)11-5)39-31-23-19-17-21-25-33-41-52(57)59-45-43-48(36-28-14-9-3)37-29-15-10-4/h47-49H,7-46H2,1-6H3,(H,53,55). The van der Waals surface area contributed by atoms with Crippen LogP contribution in [-0.4, -0.2) is 62.1 Å². The molecule has 0 aliphatic rings. The van der Waals surface area contributed by atoms with Gasteiger partial charge in [0.25, 0.3) is 0 Å². The molecule has 0 heterocycles. The van der Waals surface area contributed by atoms with Gasteiger partial charge in [0.05, 0.1) is 19.8 Å². The summed E-state index contributed by atoms with van der Waals surface area (Å²) in [4.78, 5) is 39.5. The maximum absolute atomic E-state index is 12.7. The van der Waals surface area contributed by atoms with Crippen LogP contribution in [0.2, 0.25) is 0 Å². The number of carbonyl (C=O) groups excluding carboxylic acids is 3. The topological polar surface area (TPSA) is 84.9 Å². The van der Waals surface area contributed by atoms with Crippen LogP contribution >= 0.6 is 0 Å². The summed E-state index contributed by atoms with van der Waals surface area (Å²) in [5.74, 6) is 1.54. The largest absolute Gasteiger partial charge is 0.466 e. The Hall–Kier alpha value is -1.63. The summed E-state index contributed by atoms with van der Waals surface area (Å²) in [7, 11) is 2.00. The molecular formula is C52H102N2O5. The zero-order valence-corrected chi connectivity index (χ0v) is 40.5. The SMILES string of the molecule is CCCCCC(CCCCC)CCOC(=O)CCCCCCCCCC(CCCCCCCCCC(=O)OCCC(CCCCC)CCCCC)NC(=O)CN(C)CC. The third-order valence-electron chi connectivity index (χ3n) is 12.6. The smallest absolute Gasteiger partial charge is 0.305 e. The van der Waals surface area contributed by atoms with Crippen molar-refractivity contribution in [2.75, 3.05) is 33.4 Å². The fourth-order valence-corrected chi connectivity index (χ4v) is 8.43. The minimum atomic E-state index is -0.0113. The Bertz CT molecular complexity index is 849. The van der Waals surface area contributed by atoms with Crippen molar-refractivity contribution in [3.63, 3.8) is 0 Å². The molecule has 0 saturated carbocycles. The minimum absolute atomic E-state index is 0.0113. The molecule has 0 spiro atoms. The molecule has 350 valence electrons. The lowest BCUT2D eigenvalue weighted by atomic mass is 9.92. The molecule has 0 aromatic heterocycles. The number of unbranched alkanes of at least 4 members (excludes halogenated alkanes) is 20. The zero-order valence-electron chi connectivity index (χ0n) is 40.5. The summed E-state index contributed by atoms with van der Waals surface area (Å²) in [5, 5.41) is 3.36. The summed E-state index contributed by atoms with van der Waals surface area (Å²) in [5.41, 5.74) is 0. The molecule has 7 heteroatoms. The van der Waals surface area contributed by atoms with Gasteiger partial charge in [0.2, 0.25) is 5.91 Å². The number of rotatable bonds is 46. The summed E-state index contributed by atoms with van der Waals surface area (Å²) < 4.78 is 11.3. The molecule has 0 radical (unpaired) electrons. The third-order valence-corrected chi connectivity index (χ3v) is 12.6. The van der Waals surface area contributed by atoms with Crippen molar-refractivity contribution in [3.8, 4) is 0 Å². The molecule has 59 heavy (non-hydrogen) atoms. The highest BCUT2D eigenvalue weighted by molar-refractivity contribution is 5.78. The molecule has 0 aliphatic carbocycles. The maximum Gasteiger partial charge on any atom is 0.305 e. The average molecular weight is 835 g/mol. The van der Waals surface area contributed by atoms with Gasteiger partial charge in [-0.05, 0) is 64.0 Å². The highest BCUT2D eigenvalue weighted by Gasteiger charge is 2.15. The van der Waals surface area contributed by atoms with E-state index >= 15 is 0 Å². The summed E-state index contributed by atoms with van der Waals surface area (Å²) in [6, 6.07) is 0.260. The van der Waals surface area contributed by atoms with Crippen LogP contribution in [-0.2, 0) is 23.9 Å². The van der Waals surface area contributed by atoms with Gasteiger partial charge in [0.15, 0.2) is 0 Å². The lowest BCUT2D eigenvalue weighted by Gasteiger charge is -2.21. The van der Waals surface area contributed by atoms with Crippen LogP contribution in [0.5, 0.6) is 0 Å². The lowest BCUT2D eigenvalue weighted by Crippen LogP contribution is -2.41. The van der Waals surface area contributed by atoms with E-state index in [2.05, 4.69) is 44.8 Å². The molecule has 1 N–H and O–H groups in total. The van der Waals surface area contributed by atoms with Crippen molar-refractivity contribution in [2.45, 2.75) is 272 Å². The predicted molar refractivity (Wildman–Crippen MR) is 253 cm³/mol. The highest BCUT2D eigenvalue weighted by atomic mass is 16.5. The van der Waals surface area contributed by atoms with Crippen molar-refractivity contribution >= 4 is 17.8 Å². The van der Waals surface area contributed by atoms with Gasteiger partial charge in [-0.1, -0.05) is 214 Å². The van der Waals surface area contributed by atoms with Gasteiger partial charge in [0, 0.05) is 18.9 Å². The number of esters is 2. The number of nitrogens with zero attached hydrogens (tertiary/aromatic N) is 1. The van der Waals surface area contributed by atoms with Gasteiger partial charge in [-0.2, -0.15) is 0 Å². The number of likely N-dealkylation sites (N-methyl/N-ethyl adjacent to an activating group) is 1. The quantitative estimate of drug-likeness (QED) is 0.0486. The summed E-state index contributed by atoms with van der Waals surface area (Å²) in [6.07, 6.45) is 41.9. The van der Waals surface area contributed by atoms with Crippen LogP contribution in [0.25, 0.3) is 0 Å². The Morgan fingerprint density at radius 1 is 0.424 bits per heavy atom. The first-order chi connectivity index (χ1) is 28.8. The molecule has 7 nitrogen and oxygen atoms in total. The molecule has 0 fully saturated rings. The fourth-order valence-electron chi connectivity index (χ4n) is 8.43. The molecule has 0 unspecified atom stereocenters. The number of nitrogens with one attached hydrogen (secondary N) is 1.